The molecule has 0 saturated heterocycles. The molecule has 11 nitrogen and oxygen atoms in total. The van der Waals surface area contributed by atoms with E-state index in [0.717, 1.165) is 25.7 Å². The van der Waals surface area contributed by atoms with Gasteiger partial charge in [-0.25, -0.2) is 14.4 Å². The van der Waals surface area contributed by atoms with E-state index in [9.17, 15) is 19.2 Å². The van der Waals surface area contributed by atoms with Crippen LogP contribution in [0.1, 0.15) is 97.2 Å². The van der Waals surface area contributed by atoms with Gasteiger partial charge in [0.05, 0.1) is 26.4 Å². The largest absolute Gasteiger partial charge is 0.465 e. The van der Waals surface area contributed by atoms with Gasteiger partial charge in [-0.3, -0.25) is 4.79 Å². The number of benzene rings is 2. The molecule has 0 radical (unpaired) electrons. The van der Waals surface area contributed by atoms with Crippen LogP contribution in [0.3, 0.4) is 0 Å². The molecule has 1 fully saturated rings. The summed E-state index contributed by atoms with van der Waals surface area (Å²) in [4.78, 5) is 52.6. The first-order valence-corrected chi connectivity index (χ1v) is 16.3. The number of amides is 3. The van der Waals surface area contributed by atoms with E-state index in [1.165, 1.54) is 31.6 Å². The lowest BCUT2D eigenvalue weighted by molar-refractivity contribution is 0.0274. The fourth-order valence-electron chi connectivity index (χ4n) is 5.64. The van der Waals surface area contributed by atoms with Gasteiger partial charge < -0.3 is 34.5 Å². The Hall–Kier alpha value is -3.83. The zero-order valence-corrected chi connectivity index (χ0v) is 29.0. The molecule has 258 valence electrons. The average Bonchev–Trinajstić information content (AvgIpc) is 3.03. The fourth-order valence-corrected chi connectivity index (χ4v) is 5.84. The number of hydrogen-bond donors (Lipinski definition) is 2. The van der Waals surface area contributed by atoms with Crippen molar-refractivity contribution < 1.29 is 38.1 Å². The number of esters is 1. The van der Waals surface area contributed by atoms with Gasteiger partial charge in [-0.05, 0) is 74.6 Å². The lowest BCUT2D eigenvalue weighted by atomic mass is 9.84. The van der Waals surface area contributed by atoms with Crippen molar-refractivity contribution in [2.75, 3.05) is 41.0 Å². The molecule has 1 saturated carbocycles. The zero-order valence-electron chi connectivity index (χ0n) is 28.2. The van der Waals surface area contributed by atoms with Gasteiger partial charge in [0.1, 0.15) is 11.7 Å². The number of carbonyl (C=O) groups is 4. The summed E-state index contributed by atoms with van der Waals surface area (Å²) in [6, 6.07) is 11.4. The minimum absolute atomic E-state index is 0.0940. The van der Waals surface area contributed by atoms with Crippen molar-refractivity contribution in [3.05, 3.63) is 69.7 Å². The number of carbonyl (C=O) groups excluding carboxylic acids is 4. The number of methoxy groups -OCH3 is 2. The van der Waals surface area contributed by atoms with Crippen molar-refractivity contribution in [2.45, 2.75) is 77.0 Å². The summed E-state index contributed by atoms with van der Waals surface area (Å²) in [6.07, 6.45) is 4.48. The number of likely N-dealkylation sites (N-methyl/N-ethyl adjacent to an activating group) is 1. The molecule has 0 aromatic heterocycles. The van der Waals surface area contributed by atoms with Gasteiger partial charge in [0.2, 0.25) is 0 Å². The number of alkyl carbamates (subject to hydrolysis) is 1. The molecule has 3 rings (SSSR count). The molecule has 12 heteroatoms. The molecule has 1 unspecified atom stereocenters. The minimum atomic E-state index is -0.749. The first-order chi connectivity index (χ1) is 22.3. The summed E-state index contributed by atoms with van der Waals surface area (Å²) in [7, 11) is 4.20. The van der Waals surface area contributed by atoms with Crippen LogP contribution < -0.4 is 10.6 Å². The molecule has 0 heterocycles. The monoisotopic (exact) mass is 673 g/mol. The average molecular weight is 674 g/mol. The maximum atomic E-state index is 14.0. The molecule has 0 spiro atoms. The number of nitrogens with one attached hydrogen (secondary N) is 2. The summed E-state index contributed by atoms with van der Waals surface area (Å²) >= 11 is 6.32. The standard InChI is InChI=1S/C35H48ClN3O8/c1-35(2,3)47-34(43)39(4)22-29(17-23-11-8-7-9-12-23)38-31(40)26-18-25(19-27(20-26)32(41)44-5)30(24-13-10-14-28(36)21-24)46-16-15-37-33(42)45-6/h10,13-14,18-21,23,29-30H,7-9,11-12,15-17,22H2,1-6H3,(H,37,42)(H,38,40)/t29-,30?/m0/s1. The third-order valence-electron chi connectivity index (χ3n) is 7.81. The molecule has 3 amide bonds. The van der Waals surface area contributed by atoms with E-state index in [1.807, 2.05) is 26.8 Å². The van der Waals surface area contributed by atoms with Gasteiger partial charge in [-0.15, -0.1) is 0 Å². The van der Waals surface area contributed by atoms with E-state index in [-0.39, 0.29) is 36.9 Å². The number of hydrogen-bond acceptors (Lipinski definition) is 8. The molecular formula is C35H48ClN3O8. The highest BCUT2D eigenvalue weighted by Crippen LogP contribution is 2.31. The first kappa shape index (κ1) is 37.6. The molecule has 2 aromatic carbocycles. The Kier molecular flexibility index (Phi) is 14.3. The minimum Gasteiger partial charge on any atom is -0.465 e. The second kappa shape index (κ2) is 17.9. The van der Waals surface area contributed by atoms with Crippen molar-refractivity contribution in [1.29, 1.82) is 0 Å². The number of nitrogens with zero attached hydrogens (tertiary/aromatic N) is 1. The van der Waals surface area contributed by atoms with Gasteiger partial charge in [0, 0.05) is 36.8 Å². The van der Waals surface area contributed by atoms with Gasteiger partial charge in [-0.1, -0.05) is 55.8 Å². The second-order valence-electron chi connectivity index (χ2n) is 12.8. The normalized spacial score (nSPS) is 14.8. The van der Waals surface area contributed by atoms with Crippen molar-refractivity contribution in [3.8, 4) is 0 Å². The van der Waals surface area contributed by atoms with Gasteiger partial charge in [0.25, 0.3) is 5.91 Å². The van der Waals surface area contributed by atoms with Crippen molar-refractivity contribution in [1.82, 2.24) is 15.5 Å². The van der Waals surface area contributed by atoms with E-state index >= 15 is 0 Å². The van der Waals surface area contributed by atoms with E-state index < -0.39 is 35.8 Å². The Morgan fingerprint density at radius 3 is 2.30 bits per heavy atom. The fraction of sp³-hybridized carbons (Fsp3) is 0.543. The summed E-state index contributed by atoms with van der Waals surface area (Å²) in [5.74, 6) is -0.619. The van der Waals surface area contributed by atoms with Crippen LogP contribution in [0.15, 0.2) is 42.5 Å². The summed E-state index contributed by atoms with van der Waals surface area (Å²) < 4.78 is 21.4. The Labute approximate surface area is 282 Å². The van der Waals surface area contributed by atoms with Gasteiger partial charge in [-0.2, -0.15) is 0 Å². The van der Waals surface area contributed by atoms with E-state index in [2.05, 4.69) is 15.4 Å². The van der Waals surface area contributed by atoms with Crippen molar-refractivity contribution in [2.24, 2.45) is 5.92 Å². The lowest BCUT2D eigenvalue weighted by Gasteiger charge is -2.31. The van der Waals surface area contributed by atoms with Crippen LogP contribution in [-0.4, -0.2) is 81.6 Å². The highest BCUT2D eigenvalue weighted by Gasteiger charge is 2.27. The molecule has 2 N–H and O–H groups in total. The zero-order chi connectivity index (χ0) is 34.6. The SMILES string of the molecule is COC(=O)NCCOC(c1cccc(Cl)c1)c1cc(C(=O)N[C@@H](CC2CCCCC2)CN(C)C(=O)OC(C)(C)C)cc(C(=O)OC)c1. The van der Waals surface area contributed by atoms with Gasteiger partial charge in [0.15, 0.2) is 0 Å². The summed E-state index contributed by atoms with van der Waals surface area (Å²) in [5.41, 5.74) is 0.911. The van der Waals surface area contributed by atoms with Crippen molar-refractivity contribution in [3.63, 3.8) is 0 Å². The molecule has 0 bridgehead atoms. The molecule has 0 aliphatic heterocycles. The maximum Gasteiger partial charge on any atom is 0.410 e. The third kappa shape index (κ3) is 12.4. The number of ether oxygens (including phenoxy) is 4. The molecule has 2 aromatic rings. The van der Waals surface area contributed by atoms with Crippen LogP contribution in [0.2, 0.25) is 5.02 Å². The summed E-state index contributed by atoms with van der Waals surface area (Å²) in [6.45, 7) is 5.92. The number of halogens is 1. The molecule has 1 aliphatic carbocycles. The van der Waals surface area contributed by atoms with Crippen LogP contribution in [0.25, 0.3) is 0 Å². The predicted octanol–water partition coefficient (Wildman–Crippen LogP) is 6.52. The Bertz CT molecular complexity index is 1370. The second-order valence-corrected chi connectivity index (χ2v) is 13.3. The maximum absolute atomic E-state index is 14.0. The van der Waals surface area contributed by atoms with Gasteiger partial charge >= 0.3 is 18.2 Å². The first-order valence-electron chi connectivity index (χ1n) is 16.0. The van der Waals surface area contributed by atoms with Crippen molar-refractivity contribution >= 4 is 35.7 Å². The Morgan fingerprint density at radius 1 is 0.957 bits per heavy atom. The molecular weight excluding hydrogens is 626 g/mol. The lowest BCUT2D eigenvalue weighted by Crippen LogP contribution is -2.46. The van der Waals surface area contributed by atoms with E-state index in [0.29, 0.717) is 28.5 Å². The van der Waals surface area contributed by atoms with Crippen LogP contribution in [0, 0.1) is 5.92 Å². The van der Waals surface area contributed by atoms with Crippen LogP contribution in [-0.2, 0) is 18.9 Å². The van der Waals surface area contributed by atoms with Crippen LogP contribution in [0.4, 0.5) is 9.59 Å². The summed E-state index contributed by atoms with van der Waals surface area (Å²) in [5, 5.41) is 6.19. The van der Waals surface area contributed by atoms with Crippen LogP contribution in [0.5, 0.6) is 0 Å². The molecule has 47 heavy (non-hydrogen) atoms. The predicted molar refractivity (Wildman–Crippen MR) is 179 cm³/mol. The highest BCUT2D eigenvalue weighted by molar-refractivity contribution is 6.30. The van der Waals surface area contributed by atoms with E-state index in [1.54, 1.807) is 37.4 Å². The molecule has 2 atom stereocenters. The molecule has 1 aliphatic rings. The van der Waals surface area contributed by atoms with Crippen LogP contribution >= 0.6 is 11.6 Å². The third-order valence-corrected chi connectivity index (χ3v) is 8.05. The quantitative estimate of drug-likeness (QED) is 0.139. The Balaban J connectivity index is 1.94. The highest BCUT2D eigenvalue weighted by atomic mass is 35.5. The smallest absolute Gasteiger partial charge is 0.410 e. The number of rotatable bonds is 13. The Morgan fingerprint density at radius 2 is 1.66 bits per heavy atom. The van der Waals surface area contributed by atoms with E-state index in [4.69, 9.17) is 25.8 Å². The topological polar surface area (TPSA) is 132 Å².